The monoisotopic (exact) mass is 386 g/mol. The Labute approximate surface area is 161 Å². The van der Waals surface area contributed by atoms with E-state index in [1.807, 2.05) is 18.2 Å². The fourth-order valence-electron chi connectivity index (χ4n) is 2.75. The molecule has 0 aliphatic heterocycles. The first-order valence-corrected chi connectivity index (χ1v) is 8.56. The quantitative estimate of drug-likeness (QED) is 0.647. The average Bonchev–Trinajstić information content (AvgIpc) is 2.68. The van der Waals surface area contributed by atoms with E-state index >= 15 is 0 Å². The second-order valence-electron chi connectivity index (χ2n) is 5.76. The van der Waals surface area contributed by atoms with Crippen LogP contribution in [0.2, 0.25) is 5.02 Å². The lowest BCUT2D eigenvalue weighted by molar-refractivity contribution is 0.324. The van der Waals surface area contributed by atoms with Gasteiger partial charge >= 0.3 is 0 Å². The number of nitrogens with zero attached hydrogens (tertiary/aromatic N) is 2. The summed E-state index contributed by atoms with van der Waals surface area (Å²) in [5.41, 5.74) is 2.03. The Morgan fingerprint density at radius 3 is 2.26 bits per heavy atom. The molecule has 7 heteroatoms. The van der Waals surface area contributed by atoms with Gasteiger partial charge in [0.2, 0.25) is 5.75 Å². The molecule has 0 spiro atoms. The second kappa shape index (κ2) is 8.14. The van der Waals surface area contributed by atoms with Crippen molar-refractivity contribution in [3.63, 3.8) is 0 Å². The van der Waals surface area contributed by atoms with Crippen molar-refractivity contribution in [2.75, 3.05) is 21.3 Å². The lowest BCUT2D eigenvalue weighted by Crippen LogP contribution is -2.22. The third-order valence-corrected chi connectivity index (χ3v) is 4.28. The molecule has 0 amide bonds. The summed E-state index contributed by atoms with van der Waals surface area (Å²) in [6.07, 6.45) is 0. The first-order valence-electron chi connectivity index (χ1n) is 8.18. The van der Waals surface area contributed by atoms with E-state index in [-0.39, 0.29) is 5.56 Å². The number of aromatic nitrogens is 2. The normalized spacial score (nSPS) is 10.5. The molecular formula is C20H19ClN2O4. The molecule has 27 heavy (non-hydrogen) atoms. The molecule has 0 radical (unpaired) electrons. The zero-order chi connectivity index (χ0) is 19.4. The van der Waals surface area contributed by atoms with Crippen LogP contribution in [-0.2, 0) is 6.54 Å². The molecule has 140 valence electrons. The molecule has 0 saturated heterocycles. The Hall–Kier alpha value is -2.99. The summed E-state index contributed by atoms with van der Waals surface area (Å²) < 4.78 is 17.5. The maximum absolute atomic E-state index is 12.2. The lowest BCUT2D eigenvalue weighted by atomic mass is 10.1. The molecule has 2 aromatic carbocycles. The molecule has 6 nitrogen and oxygen atoms in total. The molecule has 0 atom stereocenters. The summed E-state index contributed by atoms with van der Waals surface area (Å²) in [6.45, 7) is 0.317. The molecule has 0 saturated carbocycles. The first kappa shape index (κ1) is 18.8. The number of hydrogen-bond acceptors (Lipinski definition) is 5. The highest BCUT2D eigenvalue weighted by molar-refractivity contribution is 6.30. The summed E-state index contributed by atoms with van der Waals surface area (Å²) in [5, 5.41) is 5.10. The Balaban J connectivity index is 2.04. The van der Waals surface area contributed by atoms with Gasteiger partial charge in [-0.1, -0.05) is 23.7 Å². The lowest BCUT2D eigenvalue weighted by Gasteiger charge is -2.14. The van der Waals surface area contributed by atoms with Crippen LogP contribution in [0.1, 0.15) is 5.56 Å². The van der Waals surface area contributed by atoms with Crippen molar-refractivity contribution in [3.8, 4) is 28.5 Å². The van der Waals surface area contributed by atoms with E-state index in [0.717, 1.165) is 11.1 Å². The Morgan fingerprint density at radius 2 is 1.67 bits per heavy atom. The van der Waals surface area contributed by atoms with Crippen LogP contribution < -0.4 is 19.8 Å². The van der Waals surface area contributed by atoms with Gasteiger partial charge in [-0.15, -0.1) is 0 Å². The maximum atomic E-state index is 12.2. The molecule has 3 rings (SSSR count). The van der Waals surface area contributed by atoms with Crippen molar-refractivity contribution in [3.05, 3.63) is 69.5 Å². The highest BCUT2D eigenvalue weighted by atomic mass is 35.5. The topological polar surface area (TPSA) is 62.6 Å². The largest absolute Gasteiger partial charge is 0.493 e. The van der Waals surface area contributed by atoms with Crippen molar-refractivity contribution in [2.45, 2.75) is 6.54 Å². The SMILES string of the molecule is COc1cc(-c2ccc(=O)n(Cc3cccc(Cl)c3)n2)cc(OC)c1OC. The van der Waals surface area contributed by atoms with Crippen LogP contribution >= 0.6 is 11.6 Å². The molecule has 0 N–H and O–H groups in total. The van der Waals surface area contributed by atoms with Crippen LogP contribution in [0.25, 0.3) is 11.3 Å². The van der Waals surface area contributed by atoms with Crippen LogP contribution in [-0.4, -0.2) is 31.1 Å². The van der Waals surface area contributed by atoms with Crippen LogP contribution in [0.5, 0.6) is 17.2 Å². The minimum atomic E-state index is -0.203. The van der Waals surface area contributed by atoms with Crippen molar-refractivity contribution in [2.24, 2.45) is 0 Å². The Bertz CT molecular complexity index is 992. The van der Waals surface area contributed by atoms with Crippen molar-refractivity contribution in [1.82, 2.24) is 9.78 Å². The zero-order valence-corrected chi connectivity index (χ0v) is 16.0. The van der Waals surface area contributed by atoms with E-state index in [2.05, 4.69) is 5.10 Å². The van der Waals surface area contributed by atoms with Gasteiger partial charge in [-0.25, -0.2) is 4.68 Å². The van der Waals surface area contributed by atoms with Crippen LogP contribution in [0.4, 0.5) is 0 Å². The van der Waals surface area contributed by atoms with Crippen molar-refractivity contribution >= 4 is 11.6 Å². The number of rotatable bonds is 6. The molecule has 0 fully saturated rings. The fraction of sp³-hybridized carbons (Fsp3) is 0.200. The highest BCUT2D eigenvalue weighted by Crippen LogP contribution is 2.40. The van der Waals surface area contributed by atoms with Gasteiger partial charge in [0.25, 0.3) is 5.56 Å². The van der Waals surface area contributed by atoms with Gasteiger partial charge in [-0.05, 0) is 35.9 Å². The standard InChI is InChI=1S/C20H19ClN2O4/c1-25-17-10-14(11-18(26-2)20(17)27-3)16-7-8-19(24)23(22-16)12-13-5-4-6-15(21)9-13/h4-11H,12H2,1-3H3. The number of benzene rings is 2. The van der Waals surface area contributed by atoms with Gasteiger partial charge in [0.1, 0.15) is 0 Å². The average molecular weight is 387 g/mol. The van der Waals surface area contributed by atoms with E-state index in [1.54, 1.807) is 45.6 Å². The van der Waals surface area contributed by atoms with Gasteiger partial charge in [-0.3, -0.25) is 4.79 Å². The minimum Gasteiger partial charge on any atom is -0.493 e. The summed E-state index contributed by atoms with van der Waals surface area (Å²) in [6, 6.07) is 14.1. The molecule has 3 aromatic rings. The Kier molecular flexibility index (Phi) is 5.66. The van der Waals surface area contributed by atoms with Crippen molar-refractivity contribution in [1.29, 1.82) is 0 Å². The molecule has 0 unspecified atom stereocenters. The van der Waals surface area contributed by atoms with E-state index in [4.69, 9.17) is 25.8 Å². The number of ether oxygens (including phenoxy) is 3. The summed E-state index contributed by atoms with van der Waals surface area (Å²) in [7, 11) is 4.65. The summed E-state index contributed by atoms with van der Waals surface area (Å²) in [4.78, 5) is 12.2. The molecular weight excluding hydrogens is 368 g/mol. The third-order valence-electron chi connectivity index (χ3n) is 4.05. The van der Waals surface area contributed by atoms with Crippen molar-refractivity contribution < 1.29 is 14.2 Å². The molecule has 0 aliphatic carbocycles. The first-order chi connectivity index (χ1) is 13.0. The Morgan fingerprint density at radius 1 is 0.963 bits per heavy atom. The third kappa shape index (κ3) is 4.06. The van der Waals surface area contributed by atoms with Crippen LogP contribution in [0.3, 0.4) is 0 Å². The van der Waals surface area contributed by atoms with E-state index in [1.165, 1.54) is 10.7 Å². The number of methoxy groups -OCH3 is 3. The molecule has 1 heterocycles. The molecule has 0 aliphatic rings. The van der Waals surface area contributed by atoms with Gasteiger partial charge in [0.05, 0.1) is 33.6 Å². The molecule has 1 aromatic heterocycles. The van der Waals surface area contributed by atoms with E-state index in [0.29, 0.717) is 34.5 Å². The van der Waals surface area contributed by atoms with Crippen LogP contribution in [0.15, 0.2) is 53.3 Å². The number of hydrogen-bond donors (Lipinski definition) is 0. The van der Waals surface area contributed by atoms with Gasteiger partial charge in [-0.2, -0.15) is 5.10 Å². The highest BCUT2D eigenvalue weighted by Gasteiger charge is 2.15. The fourth-order valence-corrected chi connectivity index (χ4v) is 2.97. The second-order valence-corrected chi connectivity index (χ2v) is 6.19. The maximum Gasteiger partial charge on any atom is 0.267 e. The smallest absolute Gasteiger partial charge is 0.267 e. The predicted octanol–water partition coefficient (Wildman–Crippen LogP) is 3.64. The van der Waals surface area contributed by atoms with E-state index in [9.17, 15) is 4.79 Å². The van der Waals surface area contributed by atoms with Crippen LogP contribution in [0, 0.1) is 0 Å². The van der Waals surface area contributed by atoms with Gasteiger partial charge in [0, 0.05) is 16.7 Å². The zero-order valence-electron chi connectivity index (χ0n) is 15.2. The summed E-state index contributed by atoms with van der Waals surface area (Å²) >= 11 is 6.03. The number of halogens is 1. The minimum absolute atomic E-state index is 0.203. The molecule has 0 bridgehead atoms. The van der Waals surface area contributed by atoms with Gasteiger partial charge < -0.3 is 14.2 Å². The van der Waals surface area contributed by atoms with Gasteiger partial charge in [0.15, 0.2) is 11.5 Å². The predicted molar refractivity (Wildman–Crippen MR) is 104 cm³/mol. The van der Waals surface area contributed by atoms with E-state index < -0.39 is 0 Å². The summed E-state index contributed by atoms with van der Waals surface area (Å²) in [5.74, 6) is 1.53.